The van der Waals surface area contributed by atoms with Crippen molar-refractivity contribution >= 4 is 5.91 Å². The number of carbonyl (C=O) groups excluding carboxylic acids is 1. The van der Waals surface area contributed by atoms with Gasteiger partial charge < -0.3 is 11.1 Å². The van der Waals surface area contributed by atoms with E-state index in [1.807, 2.05) is 6.92 Å². The van der Waals surface area contributed by atoms with Crippen LogP contribution in [0.15, 0.2) is 0 Å². The first-order chi connectivity index (χ1) is 7.24. The molecule has 0 spiro atoms. The van der Waals surface area contributed by atoms with Crippen molar-refractivity contribution in [3.8, 4) is 0 Å². The summed E-state index contributed by atoms with van der Waals surface area (Å²) in [5.74, 6) is 0.721. The molecule has 15 heavy (non-hydrogen) atoms. The molecule has 3 nitrogen and oxygen atoms in total. The third-order valence-electron chi connectivity index (χ3n) is 3.23. The summed E-state index contributed by atoms with van der Waals surface area (Å²) < 4.78 is 0. The van der Waals surface area contributed by atoms with E-state index in [9.17, 15) is 4.79 Å². The van der Waals surface area contributed by atoms with Crippen LogP contribution in [0, 0.1) is 5.92 Å². The highest BCUT2D eigenvalue weighted by Gasteiger charge is 2.16. The van der Waals surface area contributed by atoms with E-state index in [2.05, 4.69) is 5.32 Å². The number of nitrogens with one attached hydrogen (secondary N) is 1. The third-order valence-corrected chi connectivity index (χ3v) is 3.23. The van der Waals surface area contributed by atoms with Crippen molar-refractivity contribution in [2.75, 3.05) is 6.54 Å². The smallest absolute Gasteiger partial charge is 0.236 e. The second-order valence-electron chi connectivity index (χ2n) is 4.64. The molecular formula is C12H24N2O. The van der Waals surface area contributed by atoms with Crippen LogP contribution >= 0.6 is 0 Å². The summed E-state index contributed by atoms with van der Waals surface area (Å²) in [4.78, 5) is 11.5. The standard InChI is InChI=1S/C12H24N2O/c1-2-6-11(13)12(15)14-9-10-7-4-3-5-8-10/h10-11H,2-9,13H2,1H3,(H,14,15)/t11-/m0/s1. The number of amides is 1. The lowest BCUT2D eigenvalue weighted by Crippen LogP contribution is -2.42. The molecule has 0 radical (unpaired) electrons. The molecule has 88 valence electrons. The Kier molecular flexibility index (Phi) is 5.69. The average Bonchev–Trinajstić information content (AvgIpc) is 2.27. The van der Waals surface area contributed by atoms with Gasteiger partial charge in [-0.05, 0) is 25.2 Å². The van der Waals surface area contributed by atoms with Gasteiger partial charge in [-0.25, -0.2) is 0 Å². The van der Waals surface area contributed by atoms with Gasteiger partial charge in [-0.1, -0.05) is 32.6 Å². The maximum Gasteiger partial charge on any atom is 0.236 e. The van der Waals surface area contributed by atoms with E-state index < -0.39 is 0 Å². The first kappa shape index (κ1) is 12.5. The average molecular weight is 212 g/mol. The van der Waals surface area contributed by atoms with E-state index in [-0.39, 0.29) is 11.9 Å². The highest BCUT2D eigenvalue weighted by atomic mass is 16.2. The van der Waals surface area contributed by atoms with Crippen LogP contribution in [0.1, 0.15) is 51.9 Å². The summed E-state index contributed by atoms with van der Waals surface area (Å²) in [7, 11) is 0. The Morgan fingerprint density at radius 3 is 2.67 bits per heavy atom. The molecule has 0 aliphatic heterocycles. The zero-order chi connectivity index (χ0) is 11.1. The van der Waals surface area contributed by atoms with Gasteiger partial charge in [-0.3, -0.25) is 4.79 Å². The molecule has 1 aliphatic rings. The lowest BCUT2D eigenvalue weighted by atomic mass is 9.89. The number of nitrogens with two attached hydrogens (primary N) is 1. The van der Waals surface area contributed by atoms with Gasteiger partial charge in [0.2, 0.25) is 5.91 Å². The van der Waals surface area contributed by atoms with Gasteiger partial charge in [0.15, 0.2) is 0 Å². The fourth-order valence-electron chi connectivity index (χ4n) is 2.21. The van der Waals surface area contributed by atoms with Crippen LogP contribution in [0.2, 0.25) is 0 Å². The van der Waals surface area contributed by atoms with Gasteiger partial charge in [-0.15, -0.1) is 0 Å². The topological polar surface area (TPSA) is 55.1 Å². The van der Waals surface area contributed by atoms with Crippen molar-refractivity contribution in [2.45, 2.75) is 57.9 Å². The van der Waals surface area contributed by atoms with Crippen molar-refractivity contribution in [2.24, 2.45) is 11.7 Å². The second kappa shape index (κ2) is 6.83. The molecule has 0 aromatic rings. The zero-order valence-corrected chi connectivity index (χ0v) is 9.80. The molecule has 1 atom stereocenters. The Balaban J connectivity index is 2.14. The molecule has 3 heteroatoms. The van der Waals surface area contributed by atoms with Gasteiger partial charge >= 0.3 is 0 Å². The maximum absolute atomic E-state index is 11.5. The van der Waals surface area contributed by atoms with Crippen LogP contribution in [0.5, 0.6) is 0 Å². The predicted molar refractivity (Wildman–Crippen MR) is 62.5 cm³/mol. The Morgan fingerprint density at radius 2 is 2.07 bits per heavy atom. The summed E-state index contributed by atoms with van der Waals surface area (Å²) in [5.41, 5.74) is 5.73. The lowest BCUT2D eigenvalue weighted by molar-refractivity contribution is -0.122. The number of hydrogen-bond donors (Lipinski definition) is 2. The van der Waals surface area contributed by atoms with Crippen LogP contribution < -0.4 is 11.1 Å². The van der Waals surface area contributed by atoms with E-state index in [1.165, 1.54) is 32.1 Å². The molecule has 0 saturated heterocycles. The quantitative estimate of drug-likeness (QED) is 0.730. The van der Waals surface area contributed by atoms with Crippen LogP contribution in [-0.4, -0.2) is 18.5 Å². The minimum Gasteiger partial charge on any atom is -0.354 e. The summed E-state index contributed by atoms with van der Waals surface area (Å²) >= 11 is 0. The van der Waals surface area contributed by atoms with E-state index in [0.29, 0.717) is 5.92 Å². The van der Waals surface area contributed by atoms with E-state index >= 15 is 0 Å². The Bertz CT molecular complexity index is 188. The van der Waals surface area contributed by atoms with Crippen molar-refractivity contribution < 1.29 is 4.79 Å². The summed E-state index contributed by atoms with van der Waals surface area (Å²) in [6.45, 7) is 2.88. The summed E-state index contributed by atoms with van der Waals surface area (Å²) in [6, 6.07) is -0.307. The molecule has 0 bridgehead atoms. The van der Waals surface area contributed by atoms with Gasteiger partial charge in [0, 0.05) is 6.54 Å². The van der Waals surface area contributed by atoms with Crippen molar-refractivity contribution in [1.82, 2.24) is 5.32 Å². The molecule has 0 heterocycles. The Hall–Kier alpha value is -0.570. The van der Waals surface area contributed by atoms with Gasteiger partial charge in [0.1, 0.15) is 0 Å². The molecule has 0 aromatic carbocycles. The van der Waals surface area contributed by atoms with E-state index in [4.69, 9.17) is 5.73 Å². The van der Waals surface area contributed by atoms with Crippen molar-refractivity contribution in [1.29, 1.82) is 0 Å². The number of carbonyl (C=O) groups is 1. The monoisotopic (exact) mass is 212 g/mol. The maximum atomic E-state index is 11.5. The van der Waals surface area contributed by atoms with Crippen molar-refractivity contribution in [3.63, 3.8) is 0 Å². The first-order valence-electron chi connectivity index (χ1n) is 6.27. The minimum absolute atomic E-state index is 0.0300. The van der Waals surface area contributed by atoms with Crippen LogP contribution in [0.25, 0.3) is 0 Å². The zero-order valence-electron chi connectivity index (χ0n) is 9.80. The molecular weight excluding hydrogens is 188 g/mol. The van der Waals surface area contributed by atoms with E-state index in [1.54, 1.807) is 0 Å². The number of rotatable bonds is 5. The first-order valence-corrected chi connectivity index (χ1v) is 6.27. The van der Waals surface area contributed by atoms with E-state index in [0.717, 1.165) is 19.4 Å². The SMILES string of the molecule is CCC[C@H](N)C(=O)NCC1CCCCC1. The fraction of sp³-hybridized carbons (Fsp3) is 0.917. The Morgan fingerprint density at radius 1 is 1.40 bits per heavy atom. The summed E-state index contributed by atoms with van der Waals surface area (Å²) in [5, 5.41) is 2.97. The van der Waals surface area contributed by atoms with Crippen LogP contribution in [0.4, 0.5) is 0 Å². The third kappa shape index (κ3) is 4.65. The largest absolute Gasteiger partial charge is 0.354 e. The van der Waals surface area contributed by atoms with Crippen LogP contribution in [-0.2, 0) is 4.79 Å². The van der Waals surface area contributed by atoms with Gasteiger partial charge in [0.25, 0.3) is 0 Å². The highest BCUT2D eigenvalue weighted by molar-refractivity contribution is 5.81. The molecule has 1 fully saturated rings. The molecule has 1 aliphatic carbocycles. The Labute approximate surface area is 92.8 Å². The second-order valence-corrected chi connectivity index (χ2v) is 4.64. The fourth-order valence-corrected chi connectivity index (χ4v) is 2.21. The summed E-state index contributed by atoms with van der Waals surface area (Å²) in [6.07, 6.45) is 8.30. The number of hydrogen-bond acceptors (Lipinski definition) is 2. The molecule has 0 unspecified atom stereocenters. The molecule has 0 aromatic heterocycles. The van der Waals surface area contributed by atoms with Crippen molar-refractivity contribution in [3.05, 3.63) is 0 Å². The molecule has 1 amide bonds. The normalized spacial score (nSPS) is 19.9. The molecule has 1 saturated carbocycles. The molecule has 1 rings (SSSR count). The predicted octanol–water partition coefficient (Wildman–Crippen LogP) is 1.81. The highest BCUT2D eigenvalue weighted by Crippen LogP contribution is 2.22. The molecule has 3 N–H and O–H groups in total. The lowest BCUT2D eigenvalue weighted by Gasteiger charge is -2.22. The minimum atomic E-state index is -0.307. The van der Waals surface area contributed by atoms with Gasteiger partial charge in [0.05, 0.1) is 6.04 Å². The van der Waals surface area contributed by atoms with Crippen LogP contribution in [0.3, 0.4) is 0 Å². The van der Waals surface area contributed by atoms with Gasteiger partial charge in [-0.2, -0.15) is 0 Å².